The van der Waals surface area contributed by atoms with Crippen LogP contribution in [0.25, 0.3) is 0 Å². The highest BCUT2D eigenvalue weighted by Gasteiger charge is 2.12. The van der Waals surface area contributed by atoms with Crippen molar-refractivity contribution in [3.63, 3.8) is 0 Å². The summed E-state index contributed by atoms with van der Waals surface area (Å²) in [4.78, 5) is 5.33. The minimum atomic E-state index is -0.504. The zero-order valence-electron chi connectivity index (χ0n) is 8.03. The number of H-pyrrole nitrogens is 1. The van der Waals surface area contributed by atoms with Gasteiger partial charge in [-0.15, -0.1) is 11.3 Å². The van der Waals surface area contributed by atoms with Crippen molar-refractivity contribution >= 4 is 11.3 Å². The lowest BCUT2D eigenvalue weighted by Gasteiger charge is -2.05. The van der Waals surface area contributed by atoms with Crippen molar-refractivity contribution in [1.29, 1.82) is 0 Å². The van der Waals surface area contributed by atoms with E-state index in [1.165, 1.54) is 4.88 Å². The summed E-state index contributed by atoms with van der Waals surface area (Å²) >= 11 is 1.67. The fourth-order valence-corrected chi connectivity index (χ4v) is 2.36. The number of aliphatic hydroxyl groups is 1. The monoisotopic (exact) mass is 207 g/mol. The minimum Gasteiger partial charge on any atom is -0.381 e. The first kappa shape index (κ1) is 9.49. The average Bonchev–Trinajstić information content (AvgIpc) is 2.88. The number of nitrogens with one attached hydrogen (secondary N) is 1. The van der Waals surface area contributed by atoms with Gasteiger partial charge in [-0.05, 0) is 30.7 Å². The Labute approximate surface area is 87.2 Å². The molecule has 2 heterocycles. The highest BCUT2D eigenvalue weighted by Crippen LogP contribution is 2.27. The first-order valence-electron chi connectivity index (χ1n) is 4.71. The predicted octanol–water partition coefficient (Wildman–Crippen LogP) is 2.72. The summed E-state index contributed by atoms with van der Waals surface area (Å²) in [6.07, 6.45) is 2.35. The Morgan fingerprint density at radius 2 is 2.29 bits per heavy atom. The molecule has 1 unspecified atom stereocenters. The van der Waals surface area contributed by atoms with Gasteiger partial charge in [0.05, 0.1) is 0 Å². The van der Waals surface area contributed by atoms with Crippen molar-refractivity contribution in [1.82, 2.24) is 4.98 Å². The van der Waals surface area contributed by atoms with Crippen LogP contribution in [-0.2, 0) is 6.42 Å². The normalized spacial score (nSPS) is 13.0. The standard InChI is InChI=1S/C11H13NOS/c1-2-8-5-6-10(14-8)11(13)9-4-3-7-12-9/h3-7,11-13H,2H2,1H3. The van der Waals surface area contributed by atoms with E-state index >= 15 is 0 Å². The zero-order chi connectivity index (χ0) is 9.97. The highest BCUT2D eigenvalue weighted by molar-refractivity contribution is 7.12. The summed E-state index contributed by atoms with van der Waals surface area (Å²) < 4.78 is 0. The van der Waals surface area contributed by atoms with Crippen molar-refractivity contribution in [3.05, 3.63) is 45.9 Å². The minimum absolute atomic E-state index is 0.504. The van der Waals surface area contributed by atoms with Crippen molar-refractivity contribution < 1.29 is 5.11 Å². The fraction of sp³-hybridized carbons (Fsp3) is 0.273. The van der Waals surface area contributed by atoms with Crippen LogP contribution < -0.4 is 0 Å². The second-order valence-electron chi connectivity index (χ2n) is 3.19. The van der Waals surface area contributed by atoms with Gasteiger partial charge in [0.25, 0.3) is 0 Å². The smallest absolute Gasteiger partial charge is 0.128 e. The van der Waals surface area contributed by atoms with Crippen LogP contribution in [0.15, 0.2) is 30.5 Å². The van der Waals surface area contributed by atoms with E-state index in [0.717, 1.165) is 17.0 Å². The van der Waals surface area contributed by atoms with Crippen LogP contribution >= 0.6 is 11.3 Å². The second kappa shape index (κ2) is 3.98. The lowest BCUT2D eigenvalue weighted by molar-refractivity contribution is 0.220. The van der Waals surface area contributed by atoms with Crippen molar-refractivity contribution in [2.75, 3.05) is 0 Å². The molecule has 0 radical (unpaired) electrons. The molecule has 2 aromatic rings. The third-order valence-electron chi connectivity index (χ3n) is 2.22. The van der Waals surface area contributed by atoms with Gasteiger partial charge in [-0.1, -0.05) is 6.92 Å². The van der Waals surface area contributed by atoms with Crippen LogP contribution in [0.2, 0.25) is 0 Å². The van der Waals surface area contributed by atoms with E-state index in [1.807, 2.05) is 24.4 Å². The fourth-order valence-electron chi connectivity index (χ4n) is 1.40. The molecular weight excluding hydrogens is 194 g/mol. The Hall–Kier alpha value is -1.06. The first-order valence-corrected chi connectivity index (χ1v) is 5.53. The number of aromatic amines is 1. The third-order valence-corrected chi connectivity index (χ3v) is 3.50. The van der Waals surface area contributed by atoms with Crippen LogP contribution in [0.5, 0.6) is 0 Å². The maximum atomic E-state index is 9.97. The van der Waals surface area contributed by atoms with Crippen molar-refractivity contribution in [3.8, 4) is 0 Å². The molecule has 2 nitrogen and oxygen atoms in total. The molecule has 0 aromatic carbocycles. The van der Waals surface area contributed by atoms with Gasteiger partial charge in [0.2, 0.25) is 0 Å². The summed E-state index contributed by atoms with van der Waals surface area (Å²) in [7, 11) is 0. The quantitative estimate of drug-likeness (QED) is 0.797. The Kier molecular flexibility index (Phi) is 2.70. The van der Waals surface area contributed by atoms with Gasteiger partial charge in [0.1, 0.15) is 6.10 Å². The van der Waals surface area contributed by atoms with E-state index in [2.05, 4.69) is 18.0 Å². The first-order chi connectivity index (χ1) is 6.81. The maximum Gasteiger partial charge on any atom is 0.128 e. The molecule has 0 bridgehead atoms. The van der Waals surface area contributed by atoms with E-state index in [1.54, 1.807) is 11.3 Å². The maximum absolute atomic E-state index is 9.97. The topological polar surface area (TPSA) is 36.0 Å². The summed E-state index contributed by atoms with van der Waals surface area (Å²) in [5, 5.41) is 9.97. The number of hydrogen-bond acceptors (Lipinski definition) is 2. The summed E-state index contributed by atoms with van der Waals surface area (Å²) in [5.41, 5.74) is 0.856. The molecule has 0 aliphatic heterocycles. The molecule has 0 amide bonds. The van der Waals surface area contributed by atoms with Crippen LogP contribution in [0.4, 0.5) is 0 Å². The molecule has 3 heteroatoms. The predicted molar refractivity (Wildman–Crippen MR) is 58.6 cm³/mol. The van der Waals surface area contributed by atoms with Gasteiger partial charge >= 0.3 is 0 Å². The van der Waals surface area contributed by atoms with Gasteiger partial charge in [-0.25, -0.2) is 0 Å². The van der Waals surface area contributed by atoms with Gasteiger partial charge in [0, 0.05) is 21.6 Å². The molecular formula is C11H13NOS. The van der Waals surface area contributed by atoms with E-state index in [-0.39, 0.29) is 0 Å². The van der Waals surface area contributed by atoms with E-state index in [4.69, 9.17) is 0 Å². The van der Waals surface area contributed by atoms with Crippen LogP contribution in [0, 0.1) is 0 Å². The molecule has 74 valence electrons. The Morgan fingerprint density at radius 3 is 2.86 bits per heavy atom. The van der Waals surface area contributed by atoms with E-state index in [0.29, 0.717) is 0 Å². The lowest BCUT2D eigenvalue weighted by Crippen LogP contribution is -1.96. The van der Waals surface area contributed by atoms with Gasteiger partial charge in [-0.2, -0.15) is 0 Å². The number of aryl methyl sites for hydroxylation is 1. The molecule has 0 fully saturated rings. The number of aromatic nitrogens is 1. The van der Waals surface area contributed by atoms with Crippen LogP contribution in [0.1, 0.15) is 28.5 Å². The van der Waals surface area contributed by atoms with Gasteiger partial charge in [0.15, 0.2) is 0 Å². The largest absolute Gasteiger partial charge is 0.381 e. The lowest BCUT2D eigenvalue weighted by atomic mass is 10.2. The average molecular weight is 207 g/mol. The van der Waals surface area contributed by atoms with Gasteiger partial charge < -0.3 is 10.1 Å². The second-order valence-corrected chi connectivity index (χ2v) is 4.39. The SMILES string of the molecule is CCc1ccc(C(O)c2ccc[nH]2)s1. The van der Waals surface area contributed by atoms with Crippen molar-refractivity contribution in [2.45, 2.75) is 19.4 Å². The third kappa shape index (κ3) is 1.74. The molecule has 0 aliphatic rings. The van der Waals surface area contributed by atoms with Crippen molar-refractivity contribution in [2.24, 2.45) is 0 Å². The van der Waals surface area contributed by atoms with Crippen LogP contribution in [0.3, 0.4) is 0 Å². The molecule has 2 rings (SSSR count). The summed E-state index contributed by atoms with van der Waals surface area (Å²) in [6, 6.07) is 7.87. The van der Waals surface area contributed by atoms with Gasteiger partial charge in [-0.3, -0.25) is 0 Å². The van der Waals surface area contributed by atoms with Crippen LogP contribution in [-0.4, -0.2) is 10.1 Å². The Bertz CT molecular complexity index is 391. The number of hydrogen-bond donors (Lipinski definition) is 2. The molecule has 0 aliphatic carbocycles. The number of rotatable bonds is 3. The summed E-state index contributed by atoms with van der Waals surface area (Å²) in [6.45, 7) is 2.12. The Morgan fingerprint density at radius 1 is 1.43 bits per heavy atom. The van der Waals surface area contributed by atoms with E-state index in [9.17, 15) is 5.11 Å². The molecule has 0 saturated carbocycles. The molecule has 14 heavy (non-hydrogen) atoms. The zero-order valence-corrected chi connectivity index (χ0v) is 8.84. The molecule has 2 N–H and O–H groups in total. The molecule has 2 aromatic heterocycles. The molecule has 0 saturated heterocycles. The highest BCUT2D eigenvalue weighted by atomic mass is 32.1. The number of aliphatic hydroxyl groups excluding tert-OH is 1. The molecule has 1 atom stereocenters. The molecule has 0 spiro atoms. The van der Waals surface area contributed by atoms with E-state index < -0.39 is 6.10 Å². The summed E-state index contributed by atoms with van der Waals surface area (Å²) in [5.74, 6) is 0. The number of thiophene rings is 1. The Balaban J connectivity index is 2.23.